The first-order valence-corrected chi connectivity index (χ1v) is 6.16. The number of hydrogen-bond acceptors (Lipinski definition) is 1. The summed E-state index contributed by atoms with van der Waals surface area (Å²) in [5.41, 5.74) is -0.173. The molecule has 0 radical (unpaired) electrons. The second kappa shape index (κ2) is 5.52. The zero-order chi connectivity index (χ0) is 13.1. The predicted molar refractivity (Wildman–Crippen MR) is 65.8 cm³/mol. The van der Waals surface area contributed by atoms with Gasteiger partial charge in [-0.3, -0.25) is 0 Å². The highest BCUT2D eigenvalue weighted by Gasteiger charge is 2.19. The third-order valence-electron chi connectivity index (χ3n) is 2.88. The van der Waals surface area contributed by atoms with E-state index in [2.05, 4.69) is 5.32 Å². The first kappa shape index (κ1) is 13.1. The van der Waals surface area contributed by atoms with Gasteiger partial charge in [0.15, 0.2) is 5.82 Å². The molecule has 0 atom stereocenters. The summed E-state index contributed by atoms with van der Waals surface area (Å²) in [5.74, 6) is -1.64. The standard InChI is InChI=1S/C12H13ClF2N2O/c13-9-6-8(14)7-10(15)11(9)16-12(18)17-4-2-1-3-5-17/h6-7H,1-5H2,(H,16,18). The normalized spacial score (nSPS) is 15.6. The van der Waals surface area contributed by atoms with Crippen molar-refractivity contribution in [3.8, 4) is 0 Å². The second-order valence-electron chi connectivity index (χ2n) is 4.22. The van der Waals surface area contributed by atoms with Crippen LogP contribution in [-0.4, -0.2) is 24.0 Å². The number of nitrogens with one attached hydrogen (secondary N) is 1. The fraction of sp³-hybridized carbons (Fsp3) is 0.417. The number of halogens is 3. The van der Waals surface area contributed by atoms with Crippen molar-refractivity contribution in [3.05, 3.63) is 28.8 Å². The van der Waals surface area contributed by atoms with Crippen LogP contribution in [0.2, 0.25) is 5.02 Å². The lowest BCUT2D eigenvalue weighted by Gasteiger charge is -2.27. The molecule has 1 aromatic carbocycles. The summed E-state index contributed by atoms with van der Waals surface area (Å²) in [6, 6.07) is 1.26. The Kier molecular flexibility index (Phi) is 4.01. The number of nitrogens with zero attached hydrogens (tertiary/aromatic N) is 1. The van der Waals surface area contributed by atoms with Crippen LogP contribution < -0.4 is 5.32 Å². The van der Waals surface area contributed by atoms with Gasteiger partial charge in [0.05, 0.1) is 10.7 Å². The van der Waals surface area contributed by atoms with E-state index in [1.54, 1.807) is 4.90 Å². The molecule has 2 rings (SSSR count). The molecule has 3 nitrogen and oxygen atoms in total. The molecule has 6 heteroatoms. The Bertz CT molecular complexity index is 438. The Morgan fingerprint density at radius 1 is 1.22 bits per heavy atom. The molecule has 1 aliphatic rings. The molecule has 98 valence electrons. The van der Waals surface area contributed by atoms with Crippen molar-refractivity contribution < 1.29 is 13.6 Å². The van der Waals surface area contributed by atoms with E-state index < -0.39 is 17.7 Å². The molecule has 0 unspecified atom stereocenters. The van der Waals surface area contributed by atoms with E-state index >= 15 is 0 Å². The summed E-state index contributed by atoms with van der Waals surface area (Å²) in [7, 11) is 0. The van der Waals surface area contributed by atoms with Crippen molar-refractivity contribution in [2.24, 2.45) is 0 Å². The number of urea groups is 1. The van der Waals surface area contributed by atoms with Crippen molar-refractivity contribution in [1.82, 2.24) is 4.90 Å². The highest BCUT2D eigenvalue weighted by molar-refractivity contribution is 6.33. The largest absolute Gasteiger partial charge is 0.325 e. The molecule has 1 fully saturated rings. The van der Waals surface area contributed by atoms with Crippen LogP contribution in [0.5, 0.6) is 0 Å². The Morgan fingerprint density at radius 3 is 2.50 bits per heavy atom. The van der Waals surface area contributed by atoms with E-state index in [0.29, 0.717) is 19.2 Å². The molecule has 1 heterocycles. The van der Waals surface area contributed by atoms with E-state index in [0.717, 1.165) is 25.3 Å². The first-order chi connectivity index (χ1) is 8.58. The van der Waals surface area contributed by atoms with Crippen LogP contribution >= 0.6 is 11.6 Å². The van der Waals surface area contributed by atoms with Crippen LogP contribution in [0.1, 0.15) is 19.3 Å². The minimum atomic E-state index is -0.870. The van der Waals surface area contributed by atoms with Crippen LogP contribution in [0.25, 0.3) is 0 Å². The van der Waals surface area contributed by atoms with Gasteiger partial charge < -0.3 is 10.2 Å². The molecule has 1 N–H and O–H groups in total. The minimum absolute atomic E-state index is 0.141. The van der Waals surface area contributed by atoms with E-state index in [4.69, 9.17) is 11.6 Å². The summed E-state index contributed by atoms with van der Waals surface area (Å²) in [4.78, 5) is 13.5. The number of carbonyl (C=O) groups excluding carboxylic acids is 1. The minimum Gasteiger partial charge on any atom is -0.325 e. The van der Waals surface area contributed by atoms with Crippen molar-refractivity contribution in [2.45, 2.75) is 19.3 Å². The zero-order valence-electron chi connectivity index (χ0n) is 9.68. The average molecular weight is 275 g/mol. The van der Waals surface area contributed by atoms with Gasteiger partial charge >= 0.3 is 6.03 Å². The maximum atomic E-state index is 13.5. The molecule has 1 aliphatic heterocycles. The number of anilines is 1. The quantitative estimate of drug-likeness (QED) is 0.833. The van der Waals surface area contributed by atoms with Crippen molar-refractivity contribution in [1.29, 1.82) is 0 Å². The molecule has 18 heavy (non-hydrogen) atoms. The van der Waals surface area contributed by atoms with Crippen LogP contribution in [0.3, 0.4) is 0 Å². The zero-order valence-corrected chi connectivity index (χ0v) is 10.4. The Hall–Kier alpha value is -1.36. The number of benzene rings is 1. The van der Waals surface area contributed by atoms with E-state index in [1.165, 1.54) is 0 Å². The van der Waals surface area contributed by atoms with Gasteiger partial charge in [-0.05, 0) is 25.3 Å². The molecule has 2 amide bonds. The van der Waals surface area contributed by atoms with Crippen molar-refractivity contribution in [2.75, 3.05) is 18.4 Å². The SMILES string of the molecule is O=C(Nc1c(F)cc(F)cc1Cl)N1CCCCC1. The van der Waals surface area contributed by atoms with E-state index in [-0.39, 0.29) is 10.7 Å². The maximum absolute atomic E-state index is 13.5. The van der Waals surface area contributed by atoms with Crippen molar-refractivity contribution >= 4 is 23.3 Å². The predicted octanol–water partition coefficient (Wildman–Crippen LogP) is 3.64. The lowest BCUT2D eigenvalue weighted by atomic mass is 10.1. The topological polar surface area (TPSA) is 32.3 Å². The molecule has 1 aromatic rings. The molecule has 0 aromatic heterocycles. The number of amides is 2. The van der Waals surface area contributed by atoms with Crippen LogP contribution in [0.15, 0.2) is 12.1 Å². The number of rotatable bonds is 1. The Morgan fingerprint density at radius 2 is 1.89 bits per heavy atom. The van der Waals surface area contributed by atoms with Gasteiger partial charge in [-0.2, -0.15) is 0 Å². The molecule has 0 saturated carbocycles. The van der Waals surface area contributed by atoms with Gasteiger partial charge in [0.2, 0.25) is 0 Å². The van der Waals surface area contributed by atoms with E-state index in [9.17, 15) is 13.6 Å². The van der Waals surface area contributed by atoms with Crippen LogP contribution in [0, 0.1) is 11.6 Å². The lowest BCUT2D eigenvalue weighted by Crippen LogP contribution is -2.38. The molecule has 0 spiro atoms. The second-order valence-corrected chi connectivity index (χ2v) is 4.63. The summed E-state index contributed by atoms with van der Waals surface area (Å²) in [5, 5.41) is 2.25. The molecular weight excluding hydrogens is 262 g/mol. The summed E-state index contributed by atoms with van der Waals surface area (Å²) in [6.45, 7) is 1.29. The van der Waals surface area contributed by atoms with Gasteiger partial charge in [-0.25, -0.2) is 13.6 Å². The highest BCUT2D eigenvalue weighted by Crippen LogP contribution is 2.26. The average Bonchev–Trinajstić information content (AvgIpc) is 2.34. The highest BCUT2D eigenvalue weighted by atomic mass is 35.5. The molecular formula is C12H13ClF2N2O. The maximum Gasteiger partial charge on any atom is 0.321 e. The van der Waals surface area contributed by atoms with Gasteiger partial charge in [0.1, 0.15) is 5.82 Å². The summed E-state index contributed by atoms with van der Waals surface area (Å²) >= 11 is 5.70. The molecule has 0 bridgehead atoms. The molecule has 0 aliphatic carbocycles. The van der Waals surface area contributed by atoms with Crippen molar-refractivity contribution in [3.63, 3.8) is 0 Å². The number of hydrogen-bond donors (Lipinski definition) is 1. The number of piperidine rings is 1. The fourth-order valence-electron chi connectivity index (χ4n) is 1.94. The van der Waals surface area contributed by atoms with Crippen LogP contribution in [-0.2, 0) is 0 Å². The smallest absolute Gasteiger partial charge is 0.321 e. The fourth-order valence-corrected chi connectivity index (χ4v) is 2.19. The van der Waals surface area contributed by atoms with Gasteiger partial charge in [0.25, 0.3) is 0 Å². The van der Waals surface area contributed by atoms with Gasteiger partial charge in [-0.1, -0.05) is 11.6 Å². The lowest BCUT2D eigenvalue weighted by molar-refractivity contribution is 0.200. The van der Waals surface area contributed by atoms with Gasteiger partial charge in [0, 0.05) is 19.2 Å². The monoisotopic (exact) mass is 274 g/mol. The summed E-state index contributed by atoms with van der Waals surface area (Å²) < 4.78 is 26.3. The summed E-state index contributed by atoms with van der Waals surface area (Å²) in [6.07, 6.45) is 2.97. The third kappa shape index (κ3) is 2.90. The van der Waals surface area contributed by atoms with E-state index in [1.807, 2.05) is 0 Å². The Labute approximate surface area is 109 Å². The van der Waals surface area contributed by atoms with Gasteiger partial charge in [-0.15, -0.1) is 0 Å². The Balaban J connectivity index is 2.11. The molecule has 1 saturated heterocycles. The first-order valence-electron chi connectivity index (χ1n) is 5.78. The number of likely N-dealkylation sites (tertiary alicyclic amines) is 1. The number of carbonyl (C=O) groups is 1. The van der Waals surface area contributed by atoms with Crippen LogP contribution in [0.4, 0.5) is 19.3 Å². The third-order valence-corrected chi connectivity index (χ3v) is 3.18.